The number of fused-ring (bicyclic) bond motifs is 2. The summed E-state index contributed by atoms with van der Waals surface area (Å²) in [5, 5.41) is 5.70. The van der Waals surface area contributed by atoms with Crippen LogP contribution >= 0.6 is 0 Å². The third-order valence-corrected chi connectivity index (χ3v) is 5.05. The van der Waals surface area contributed by atoms with Crippen molar-refractivity contribution < 1.29 is 9.69 Å². The van der Waals surface area contributed by atoms with Gasteiger partial charge in [0.25, 0.3) is 11.5 Å². The quantitative estimate of drug-likeness (QED) is 0.474. The van der Waals surface area contributed by atoms with Crippen LogP contribution < -0.4 is 15.8 Å². The topological polar surface area (TPSA) is 79.3 Å². The highest BCUT2D eigenvalue weighted by Gasteiger charge is 2.16. The van der Waals surface area contributed by atoms with Crippen LogP contribution in [-0.4, -0.2) is 29.0 Å². The Labute approximate surface area is 168 Å². The van der Waals surface area contributed by atoms with Gasteiger partial charge in [0.1, 0.15) is 6.54 Å². The van der Waals surface area contributed by atoms with E-state index in [0.717, 1.165) is 27.9 Å². The molecule has 1 heterocycles. The molecule has 1 unspecified atom stereocenters. The number of aromatic amines is 1. The largest absolute Gasteiger partial charge is 0.321 e. The second-order valence-electron chi connectivity index (χ2n) is 7.06. The minimum absolute atomic E-state index is 0.0682. The van der Waals surface area contributed by atoms with Gasteiger partial charge >= 0.3 is 0 Å². The van der Waals surface area contributed by atoms with Crippen LogP contribution in [0.4, 0.5) is 5.69 Å². The van der Waals surface area contributed by atoms with E-state index in [0.29, 0.717) is 23.3 Å². The van der Waals surface area contributed by atoms with Gasteiger partial charge in [0.2, 0.25) is 0 Å². The fraction of sp³-hybridized carbons (Fsp3) is 0.174. The predicted octanol–water partition coefficient (Wildman–Crippen LogP) is 2.12. The summed E-state index contributed by atoms with van der Waals surface area (Å²) in [6, 6.07) is 21.1. The van der Waals surface area contributed by atoms with Crippen LogP contribution in [0.3, 0.4) is 0 Å². The maximum absolute atomic E-state index is 12.7. The van der Waals surface area contributed by atoms with Crippen molar-refractivity contribution in [3.8, 4) is 0 Å². The molecule has 1 amide bonds. The van der Waals surface area contributed by atoms with Gasteiger partial charge in [-0.3, -0.25) is 9.59 Å². The highest BCUT2D eigenvalue weighted by molar-refractivity contribution is 6.02. The van der Waals surface area contributed by atoms with Gasteiger partial charge in [0.05, 0.1) is 17.4 Å². The summed E-state index contributed by atoms with van der Waals surface area (Å²) in [7, 11) is 0. The first kappa shape index (κ1) is 18.8. The van der Waals surface area contributed by atoms with Crippen LogP contribution in [-0.2, 0) is 11.3 Å². The Hall–Kier alpha value is -3.51. The van der Waals surface area contributed by atoms with E-state index in [4.69, 9.17) is 0 Å². The van der Waals surface area contributed by atoms with Crippen LogP contribution in [0.25, 0.3) is 21.7 Å². The molecule has 3 N–H and O–H groups in total. The molecule has 3 aromatic carbocycles. The highest BCUT2D eigenvalue weighted by atomic mass is 16.2. The Kier molecular flexibility index (Phi) is 5.35. The van der Waals surface area contributed by atoms with E-state index < -0.39 is 0 Å². The van der Waals surface area contributed by atoms with Crippen LogP contribution in [0.15, 0.2) is 71.5 Å². The van der Waals surface area contributed by atoms with Gasteiger partial charge in [-0.25, -0.2) is 4.98 Å². The lowest BCUT2D eigenvalue weighted by atomic mass is 10.1. The fourth-order valence-electron chi connectivity index (χ4n) is 3.52. The summed E-state index contributed by atoms with van der Waals surface area (Å²) in [5.41, 5.74) is 1.32. The van der Waals surface area contributed by atoms with E-state index in [1.165, 1.54) is 0 Å². The zero-order valence-corrected chi connectivity index (χ0v) is 16.2. The number of quaternary nitrogens is 1. The number of nitrogens with zero attached hydrogens (tertiary/aromatic N) is 1. The number of benzene rings is 3. The zero-order chi connectivity index (χ0) is 20.2. The van der Waals surface area contributed by atoms with Crippen LogP contribution in [0.2, 0.25) is 0 Å². The molecule has 0 aliphatic carbocycles. The van der Waals surface area contributed by atoms with Crippen LogP contribution in [0.5, 0.6) is 0 Å². The lowest BCUT2D eigenvalue weighted by Crippen LogP contribution is -3.11. The molecule has 0 aliphatic rings. The van der Waals surface area contributed by atoms with E-state index in [9.17, 15) is 9.59 Å². The number of hydrogen-bond acceptors (Lipinski definition) is 3. The number of para-hydroxylation sites is 1. The molecule has 0 aliphatic heterocycles. The van der Waals surface area contributed by atoms with Crippen molar-refractivity contribution in [2.75, 3.05) is 18.4 Å². The van der Waals surface area contributed by atoms with E-state index >= 15 is 0 Å². The monoisotopic (exact) mass is 387 g/mol. The number of nitrogens with one attached hydrogen (secondary N) is 3. The molecule has 0 spiro atoms. The van der Waals surface area contributed by atoms with Gasteiger partial charge in [-0.05, 0) is 30.5 Å². The summed E-state index contributed by atoms with van der Waals surface area (Å²) < 4.78 is 0. The number of carbonyl (C=O) groups excluding carboxylic acids is 1. The first-order valence-corrected chi connectivity index (χ1v) is 9.73. The van der Waals surface area contributed by atoms with Gasteiger partial charge in [-0.15, -0.1) is 0 Å². The van der Waals surface area contributed by atoms with Crippen LogP contribution in [0, 0.1) is 0 Å². The maximum atomic E-state index is 12.7. The normalized spacial score (nSPS) is 12.2. The SMILES string of the molecule is CC[NH+](CC(=O)Nc1cccc2ccccc12)Cc1nc2ccccc2c(=O)[nH]1. The standard InChI is InChI=1S/C23H22N4O2/c1-2-27(14-21-24-20-12-6-5-11-18(20)23(29)26-21)15-22(28)25-19-13-7-9-16-8-3-4-10-17(16)19/h3-13H,2,14-15H2,1H3,(H,25,28)(H,24,26,29)/p+1. The lowest BCUT2D eigenvalue weighted by Gasteiger charge is -2.17. The average molecular weight is 387 g/mol. The molecular weight excluding hydrogens is 364 g/mol. The van der Waals surface area contributed by atoms with Gasteiger partial charge in [-0.2, -0.15) is 0 Å². The fourth-order valence-corrected chi connectivity index (χ4v) is 3.52. The Morgan fingerprint density at radius 3 is 2.55 bits per heavy atom. The number of H-pyrrole nitrogens is 1. The average Bonchev–Trinajstić information content (AvgIpc) is 2.73. The molecule has 4 rings (SSSR count). The summed E-state index contributed by atoms with van der Waals surface area (Å²) in [6.45, 7) is 3.51. The molecule has 1 atom stereocenters. The summed E-state index contributed by atoms with van der Waals surface area (Å²) in [4.78, 5) is 33.3. The Morgan fingerprint density at radius 2 is 1.72 bits per heavy atom. The number of amides is 1. The van der Waals surface area contributed by atoms with Crippen molar-refractivity contribution in [3.63, 3.8) is 0 Å². The van der Waals surface area contributed by atoms with E-state index in [-0.39, 0.29) is 18.0 Å². The number of likely N-dealkylation sites (N-methyl/N-ethyl adjacent to an activating group) is 1. The predicted molar refractivity (Wildman–Crippen MR) is 115 cm³/mol. The second-order valence-corrected chi connectivity index (χ2v) is 7.06. The first-order chi connectivity index (χ1) is 14.1. The number of anilines is 1. The molecular formula is C23H23N4O2+. The van der Waals surface area contributed by atoms with E-state index in [1.807, 2.05) is 67.6 Å². The van der Waals surface area contributed by atoms with Gasteiger partial charge in [0.15, 0.2) is 12.4 Å². The molecule has 0 radical (unpaired) electrons. The highest BCUT2D eigenvalue weighted by Crippen LogP contribution is 2.22. The van der Waals surface area contributed by atoms with Crippen molar-refractivity contribution in [1.82, 2.24) is 9.97 Å². The van der Waals surface area contributed by atoms with E-state index in [1.54, 1.807) is 6.07 Å². The van der Waals surface area contributed by atoms with Crippen LogP contribution in [0.1, 0.15) is 12.7 Å². The number of hydrogen-bond donors (Lipinski definition) is 3. The van der Waals surface area contributed by atoms with Crippen molar-refractivity contribution in [1.29, 1.82) is 0 Å². The Morgan fingerprint density at radius 1 is 1.00 bits per heavy atom. The molecule has 6 nitrogen and oxygen atoms in total. The lowest BCUT2D eigenvalue weighted by molar-refractivity contribution is -0.904. The van der Waals surface area contributed by atoms with Crippen molar-refractivity contribution in [2.45, 2.75) is 13.5 Å². The molecule has 0 bridgehead atoms. The molecule has 1 aromatic heterocycles. The molecule has 4 aromatic rings. The smallest absolute Gasteiger partial charge is 0.279 e. The Bertz CT molecular complexity index is 1230. The van der Waals surface area contributed by atoms with E-state index in [2.05, 4.69) is 15.3 Å². The third kappa shape index (κ3) is 4.17. The summed E-state index contributed by atoms with van der Waals surface area (Å²) in [6.07, 6.45) is 0. The molecule has 146 valence electrons. The number of carbonyl (C=O) groups is 1. The Balaban J connectivity index is 1.49. The molecule has 6 heteroatoms. The number of rotatable bonds is 6. The van der Waals surface area contributed by atoms with Crippen molar-refractivity contribution >= 4 is 33.3 Å². The summed E-state index contributed by atoms with van der Waals surface area (Å²) in [5.74, 6) is 0.518. The first-order valence-electron chi connectivity index (χ1n) is 9.73. The maximum Gasteiger partial charge on any atom is 0.279 e. The third-order valence-electron chi connectivity index (χ3n) is 5.05. The van der Waals surface area contributed by atoms with Gasteiger partial charge < -0.3 is 15.2 Å². The minimum atomic E-state index is -0.152. The van der Waals surface area contributed by atoms with Crippen molar-refractivity contribution in [3.05, 3.63) is 82.9 Å². The van der Waals surface area contributed by atoms with Gasteiger partial charge in [0, 0.05) is 11.1 Å². The van der Waals surface area contributed by atoms with Crippen molar-refractivity contribution in [2.24, 2.45) is 0 Å². The molecule has 29 heavy (non-hydrogen) atoms. The minimum Gasteiger partial charge on any atom is -0.321 e. The molecule has 0 saturated carbocycles. The van der Waals surface area contributed by atoms with Gasteiger partial charge in [-0.1, -0.05) is 48.5 Å². The molecule has 0 fully saturated rings. The summed E-state index contributed by atoms with van der Waals surface area (Å²) >= 11 is 0. The zero-order valence-electron chi connectivity index (χ0n) is 16.2. The number of aromatic nitrogens is 2. The second kappa shape index (κ2) is 8.24. The molecule has 0 saturated heterocycles.